The third-order valence-electron chi connectivity index (χ3n) is 7.18. The fraction of sp³-hybridized carbons (Fsp3) is 0.423. The molecule has 0 spiro atoms. The Bertz CT molecular complexity index is 1350. The number of carbonyl (C=O) groups is 2. The lowest BCUT2D eigenvalue weighted by Crippen LogP contribution is -2.49. The second kappa shape index (κ2) is 9.89. The molecule has 0 atom stereocenters. The number of hydrogen-bond acceptors (Lipinski definition) is 6. The van der Waals surface area contributed by atoms with Crippen LogP contribution in [0.15, 0.2) is 30.3 Å². The largest absolute Gasteiger partial charge is 0.378 e. The Morgan fingerprint density at radius 3 is 2.68 bits per heavy atom. The summed E-state index contributed by atoms with van der Waals surface area (Å²) < 4.78 is 22.4. The Hall–Kier alpha value is -3.86. The van der Waals surface area contributed by atoms with Crippen LogP contribution in [0.4, 0.5) is 15.0 Å². The molecule has 2 aromatic heterocycles. The number of nitrogens with one attached hydrogen (secondary N) is 1. The molecule has 3 aromatic rings. The molecule has 37 heavy (non-hydrogen) atoms. The minimum Gasteiger partial charge on any atom is -0.378 e. The molecule has 1 fully saturated rings. The van der Waals surface area contributed by atoms with E-state index in [0.29, 0.717) is 63.1 Å². The highest BCUT2D eigenvalue weighted by Gasteiger charge is 2.28. The molecule has 192 valence electrons. The SMILES string of the molecule is O=C(Nc1cccc(-c2nnc3n2CCCC3)n1)c1cc2c(cc1F)CCN(C(=O)N1CCOCC1)C2. The Kier molecular flexibility index (Phi) is 6.29. The van der Waals surface area contributed by atoms with Gasteiger partial charge in [-0.15, -0.1) is 10.2 Å². The lowest BCUT2D eigenvalue weighted by Gasteiger charge is -2.35. The van der Waals surface area contributed by atoms with E-state index in [9.17, 15) is 14.0 Å². The van der Waals surface area contributed by atoms with Gasteiger partial charge in [0.15, 0.2) is 5.82 Å². The molecule has 1 saturated heterocycles. The smallest absolute Gasteiger partial charge is 0.320 e. The molecule has 5 heterocycles. The number of benzene rings is 1. The van der Waals surface area contributed by atoms with Crippen LogP contribution in [-0.2, 0) is 30.7 Å². The normalized spacial score (nSPS) is 17.2. The molecule has 10 nitrogen and oxygen atoms in total. The van der Waals surface area contributed by atoms with Crippen molar-refractivity contribution < 1.29 is 18.7 Å². The van der Waals surface area contributed by atoms with E-state index in [-0.39, 0.29) is 11.6 Å². The average molecular weight is 506 g/mol. The van der Waals surface area contributed by atoms with E-state index in [4.69, 9.17) is 4.74 Å². The molecule has 3 aliphatic heterocycles. The van der Waals surface area contributed by atoms with Crippen LogP contribution in [0, 0.1) is 5.82 Å². The summed E-state index contributed by atoms with van der Waals surface area (Å²) in [6.45, 7) is 3.85. The monoisotopic (exact) mass is 505 g/mol. The van der Waals surface area contributed by atoms with Gasteiger partial charge in [0.25, 0.3) is 5.91 Å². The summed E-state index contributed by atoms with van der Waals surface area (Å²) in [7, 11) is 0. The fourth-order valence-electron chi connectivity index (χ4n) is 5.18. The van der Waals surface area contributed by atoms with Crippen molar-refractivity contribution in [3.05, 3.63) is 58.7 Å². The summed E-state index contributed by atoms with van der Waals surface area (Å²) in [4.78, 5) is 34.1. The number of halogens is 1. The highest BCUT2D eigenvalue weighted by atomic mass is 19.1. The van der Waals surface area contributed by atoms with Gasteiger partial charge < -0.3 is 24.4 Å². The predicted molar refractivity (Wildman–Crippen MR) is 132 cm³/mol. The summed E-state index contributed by atoms with van der Waals surface area (Å²) in [5, 5.41) is 11.3. The maximum absolute atomic E-state index is 15.0. The number of ether oxygens (including phenoxy) is 1. The van der Waals surface area contributed by atoms with Crippen LogP contribution < -0.4 is 5.32 Å². The molecule has 3 amide bonds. The van der Waals surface area contributed by atoms with Crippen molar-refractivity contribution in [2.45, 2.75) is 38.8 Å². The highest BCUT2D eigenvalue weighted by Crippen LogP contribution is 2.26. The molecule has 1 aromatic carbocycles. The summed E-state index contributed by atoms with van der Waals surface area (Å²) in [6.07, 6.45) is 3.57. The average Bonchev–Trinajstić information content (AvgIpc) is 3.37. The van der Waals surface area contributed by atoms with Crippen LogP contribution in [0.5, 0.6) is 0 Å². The number of aryl methyl sites for hydroxylation is 1. The standard InChI is InChI=1S/C26H28FN7O3/c27-20-15-17-7-9-33(26(36)32-10-12-37-13-11-32)16-18(17)14-19(20)25(35)29-22-5-3-4-21(28-22)24-31-30-23-6-1-2-8-34(23)24/h3-5,14-15H,1-2,6-13,16H2,(H,28,29,35). The number of fused-ring (bicyclic) bond motifs is 2. The lowest BCUT2D eigenvalue weighted by molar-refractivity contribution is 0.0421. The van der Waals surface area contributed by atoms with Gasteiger partial charge in [0.05, 0.1) is 18.8 Å². The number of anilines is 1. The first-order chi connectivity index (χ1) is 18.1. The topological polar surface area (TPSA) is 105 Å². The van der Waals surface area contributed by atoms with Gasteiger partial charge >= 0.3 is 6.03 Å². The van der Waals surface area contributed by atoms with Crippen molar-refractivity contribution in [2.75, 3.05) is 38.2 Å². The van der Waals surface area contributed by atoms with E-state index < -0.39 is 11.7 Å². The minimum atomic E-state index is -0.593. The van der Waals surface area contributed by atoms with Gasteiger partial charge in [-0.3, -0.25) is 4.79 Å². The number of aromatic nitrogens is 4. The quantitative estimate of drug-likeness (QED) is 0.587. The summed E-state index contributed by atoms with van der Waals surface area (Å²) in [5.74, 6) is 0.721. The first-order valence-corrected chi connectivity index (χ1v) is 12.7. The minimum absolute atomic E-state index is 0.0547. The van der Waals surface area contributed by atoms with Gasteiger partial charge in [-0.1, -0.05) is 6.07 Å². The zero-order chi connectivity index (χ0) is 25.4. The Balaban J connectivity index is 1.20. The number of urea groups is 1. The molecule has 1 N–H and O–H groups in total. The summed E-state index contributed by atoms with van der Waals surface area (Å²) >= 11 is 0. The van der Waals surface area contributed by atoms with Gasteiger partial charge in [0, 0.05) is 39.1 Å². The van der Waals surface area contributed by atoms with Gasteiger partial charge in [-0.25, -0.2) is 14.2 Å². The number of morpholine rings is 1. The second-order valence-corrected chi connectivity index (χ2v) is 9.57. The number of hydrogen-bond donors (Lipinski definition) is 1. The Labute approximate surface area is 213 Å². The van der Waals surface area contributed by atoms with Crippen molar-refractivity contribution in [1.82, 2.24) is 29.5 Å². The van der Waals surface area contributed by atoms with Gasteiger partial charge in [-0.05, 0) is 54.7 Å². The third-order valence-corrected chi connectivity index (χ3v) is 7.18. The molecule has 0 unspecified atom stereocenters. The molecule has 0 radical (unpaired) electrons. The van der Waals surface area contributed by atoms with Crippen LogP contribution >= 0.6 is 0 Å². The van der Waals surface area contributed by atoms with Crippen molar-refractivity contribution in [3.8, 4) is 11.5 Å². The van der Waals surface area contributed by atoms with Crippen molar-refractivity contribution >= 4 is 17.8 Å². The molecule has 11 heteroatoms. The first-order valence-electron chi connectivity index (χ1n) is 12.7. The fourth-order valence-corrected chi connectivity index (χ4v) is 5.18. The van der Waals surface area contributed by atoms with Crippen molar-refractivity contribution in [1.29, 1.82) is 0 Å². The third kappa shape index (κ3) is 4.66. The lowest BCUT2D eigenvalue weighted by atomic mass is 9.96. The molecule has 3 aliphatic rings. The summed E-state index contributed by atoms with van der Waals surface area (Å²) in [6, 6.07) is 8.17. The van der Waals surface area contributed by atoms with Crippen LogP contribution in [0.25, 0.3) is 11.5 Å². The summed E-state index contributed by atoms with van der Waals surface area (Å²) in [5.41, 5.74) is 2.11. The van der Waals surface area contributed by atoms with E-state index >= 15 is 0 Å². The van der Waals surface area contributed by atoms with Crippen LogP contribution in [0.2, 0.25) is 0 Å². The van der Waals surface area contributed by atoms with Crippen LogP contribution in [0.3, 0.4) is 0 Å². The molecule has 0 aliphatic carbocycles. The van der Waals surface area contributed by atoms with E-state index in [1.165, 1.54) is 6.07 Å². The highest BCUT2D eigenvalue weighted by molar-refractivity contribution is 6.04. The number of nitrogens with zero attached hydrogens (tertiary/aromatic N) is 6. The molecule has 6 rings (SSSR count). The van der Waals surface area contributed by atoms with E-state index in [2.05, 4.69) is 25.1 Å². The van der Waals surface area contributed by atoms with Crippen LogP contribution in [-0.4, -0.2) is 74.3 Å². The zero-order valence-corrected chi connectivity index (χ0v) is 20.5. The van der Waals surface area contributed by atoms with Gasteiger partial charge in [-0.2, -0.15) is 0 Å². The zero-order valence-electron chi connectivity index (χ0n) is 20.5. The maximum Gasteiger partial charge on any atom is 0.320 e. The number of carbonyl (C=O) groups excluding carboxylic acids is 2. The molecular weight excluding hydrogens is 477 g/mol. The Morgan fingerprint density at radius 2 is 1.81 bits per heavy atom. The molecule has 0 bridgehead atoms. The number of rotatable bonds is 3. The van der Waals surface area contributed by atoms with E-state index in [0.717, 1.165) is 42.8 Å². The van der Waals surface area contributed by atoms with E-state index in [1.54, 1.807) is 28.0 Å². The number of pyridine rings is 1. The molecule has 0 saturated carbocycles. The van der Waals surface area contributed by atoms with Crippen LogP contribution in [0.1, 0.15) is 40.2 Å². The van der Waals surface area contributed by atoms with Gasteiger partial charge in [0.1, 0.15) is 23.2 Å². The van der Waals surface area contributed by atoms with E-state index in [1.807, 2.05) is 6.07 Å². The maximum atomic E-state index is 15.0. The van der Waals surface area contributed by atoms with Crippen molar-refractivity contribution in [3.63, 3.8) is 0 Å². The predicted octanol–water partition coefficient (Wildman–Crippen LogP) is 2.88. The molecular formula is C26H28FN7O3. The van der Waals surface area contributed by atoms with Gasteiger partial charge in [0.2, 0.25) is 0 Å². The second-order valence-electron chi connectivity index (χ2n) is 9.57. The number of amides is 3. The van der Waals surface area contributed by atoms with Crippen molar-refractivity contribution in [2.24, 2.45) is 0 Å². The Morgan fingerprint density at radius 1 is 0.946 bits per heavy atom. The first kappa shape index (κ1) is 23.5.